The van der Waals surface area contributed by atoms with Crippen molar-refractivity contribution in [1.29, 1.82) is 0 Å². The van der Waals surface area contributed by atoms with Crippen LogP contribution in [0.15, 0.2) is 83.7 Å². The molecule has 0 aliphatic carbocycles. The number of para-hydroxylation sites is 1. The van der Waals surface area contributed by atoms with E-state index in [1.165, 1.54) is 21.8 Å². The molecular weight excluding hydrogens is 438 g/mol. The van der Waals surface area contributed by atoms with E-state index in [2.05, 4.69) is 18.3 Å². The van der Waals surface area contributed by atoms with Crippen LogP contribution in [0.3, 0.4) is 0 Å². The quantitative estimate of drug-likeness (QED) is 0.475. The lowest BCUT2D eigenvalue weighted by atomic mass is 9.98. The van der Waals surface area contributed by atoms with Gasteiger partial charge in [-0.15, -0.1) is 0 Å². The first-order chi connectivity index (χ1) is 17.0. The number of benzene rings is 3. The lowest BCUT2D eigenvalue weighted by Crippen LogP contribution is -2.37. The summed E-state index contributed by atoms with van der Waals surface area (Å²) in [6, 6.07) is 24.4. The minimum atomic E-state index is -0.374. The third-order valence-electron chi connectivity index (χ3n) is 6.61. The van der Waals surface area contributed by atoms with Crippen LogP contribution < -0.4 is 10.9 Å². The Labute approximate surface area is 203 Å². The lowest BCUT2D eigenvalue weighted by molar-refractivity contribution is -0.116. The first-order valence-corrected chi connectivity index (χ1v) is 11.9. The Balaban J connectivity index is 1.42. The van der Waals surface area contributed by atoms with Gasteiger partial charge in [0, 0.05) is 30.2 Å². The SMILES string of the molecule is CCc1ccc(NC(=O)Cn2c(=O)cc(C(=O)N3CCc4ccccc4C3)c3ccccc32)cc1. The van der Waals surface area contributed by atoms with E-state index in [9.17, 15) is 14.4 Å². The maximum Gasteiger partial charge on any atom is 0.255 e. The van der Waals surface area contributed by atoms with E-state index in [-0.39, 0.29) is 23.9 Å². The normalized spacial score (nSPS) is 12.9. The molecule has 0 bridgehead atoms. The summed E-state index contributed by atoms with van der Waals surface area (Å²) in [5, 5.41) is 3.52. The highest BCUT2D eigenvalue weighted by Gasteiger charge is 2.24. The number of carbonyl (C=O) groups excluding carboxylic acids is 2. The number of pyridine rings is 1. The third kappa shape index (κ3) is 4.60. The van der Waals surface area contributed by atoms with Crippen molar-refractivity contribution < 1.29 is 9.59 Å². The molecule has 0 atom stereocenters. The first-order valence-electron chi connectivity index (χ1n) is 11.9. The molecule has 0 saturated heterocycles. The lowest BCUT2D eigenvalue weighted by Gasteiger charge is -2.29. The second-order valence-corrected chi connectivity index (χ2v) is 8.84. The minimum absolute atomic E-state index is 0.138. The molecule has 0 saturated carbocycles. The molecule has 6 heteroatoms. The molecule has 2 amide bonds. The van der Waals surface area contributed by atoms with Crippen LogP contribution in [0.25, 0.3) is 10.9 Å². The number of nitrogens with zero attached hydrogens (tertiary/aromatic N) is 2. The molecule has 1 aliphatic rings. The fraction of sp³-hybridized carbons (Fsp3) is 0.207. The van der Waals surface area contributed by atoms with Gasteiger partial charge in [-0.1, -0.05) is 61.5 Å². The smallest absolute Gasteiger partial charge is 0.255 e. The van der Waals surface area contributed by atoms with E-state index < -0.39 is 0 Å². The standard InChI is InChI=1S/C29H27N3O3/c1-2-20-11-13-23(14-12-20)30-27(33)19-32-26-10-6-5-9-24(26)25(17-28(32)34)29(35)31-16-15-21-7-3-4-8-22(21)18-31/h3-14,17H,2,15-16,18-19H2,1H3,(H,30,33). The maximum atomic E-state index is 13.5. The predicted octanol–water partition coefficient (Wildman–Crippen LogP) is 4.40. The van der Waals surface area contributed by atoms with Crippen LogP contribution in [0.2, 0.25) is 0 Å². The van der Waals surface area contributed by atoms with E-state index in [1.807, 2.05) is 60.7 Å². The number of carbonyl (C=O) groups is 2. The Morgan fingerprint density at radius 1 is 0.914 bits per heavy atom. The number of aromatic nitrogens is 1. The third-order valence-corrected chi connectivity index (χ3v) is 6.61. The summed E-state index contributed by atoms with van der Waals surface area (Å²) in [7, 11) is 0. The van der Waals surface area contributed by atoms with Gasteiger partial charge in [0.1, 0.15) is 6.54 Å². The molecule has 4 aromatic rings. The number of hydrogen-bond acceptors (Lipinski definition) is 3. The highest BCUT2D eigenvalue weighted by molar-refractivity contribution is 6.06. The molecule has 0 unspecified atom stereocenters. The van der Waals surface area contributed by atoms with E-state index in [4.69, 9.17) is 0 Å². The van der Waals surface area contributed by atoms with Crippen LogP contribution in [0, 0.1) is 0 Å². The van der Waals surface area contributed by atoms with E-state index in [1.54, 1.807) is 11.0 Å². The molecule has 0 radical (unpaired) electrons. The Morgan fingerprint density at radius 3 is 2.40 bits per heavy atom. The second-order valence-electron chi connectivity index (χ2n) is 8.84. The van der Waals surface area contributed by atoms with E-state index in [0.717, 1.165) is 18.4 Å². The van der Waals surface area contributed by atoms with Crippen LogP contribution in [0.5, 0.6) is 0 Å². The molecule has 1 N–H and O–H groups in total. The molecular formula is C29H27N3O3. The predicted molar refractivity (Wildman–Crippen MR) is 138 cm³/mol. The molecule has 5 rings (SSSR count). The van der Waals surface area contributed by atoms with Crippen molar-refractivity contribution >= 4 is 28.4 Å². The monoisotopic (exact) mass is 465 g/mol. The summed E-state index contributed by atoms with van der Waals surface area (Å²) in [5.74, 6) is -0.464. The first kappa shape index (κ1) is 22.6. The van der Waals surface area contributed by atoms with E-state index in [0.29, 0.717) is 35.2 Å². The second kappa shape index (κ2) is 9.58. The summed E-state index contributed by atoms with van der Waals surface area (Å²) in [6.07, 6.45) is 1.71. The van der Waals surface area contributed by atoms with Crippen LogP contribution >= 0.6 is 0 Å². The summed E-state index contributed by atoms with van der Waals surface area (Å²) in [6.45, 7) is 3.06. The molecule has 3 aromatic carbocycles. The average Bonchev–Trinajstić information content (AvgIpc) is 2.90. The van der Waals surface area contributed by atoms with Crippen molar-refractivity contribution in [2.24, 2.45) is 0 Å². The van der Waals surface area contributed by atoms with Crippen LogP contribution in [0.4, 0.5) is 5.69 Å². The van der Waals surface area contributed by atoms with Gasteiger partial charge in [-0.25, -0.2) is 0 Å². The van der Waals surface area contributed by atoms with Crippen LogP contribution in [-0.2, 0) is 30.7 Å². The van der Waals surface area contributed by atoms with Gasteiger partial charge in [0.15, 0.2) is 0 Å². The summed E-state index contributed by atoms with van der Waals surface area (Å²) in [5.41, 5.74) is 4.82. The van der Waals surface area contributed by atoms with Crippen molar-refractivity contribution in [3.05, 3.63) is 111 Å². The van der Waals surface area contributed by atoms with Gasteiger partial charge in [0.2, 0.25) is 5.91 Å². The average molecular weight is 466 g/mol. The van der Waals surface area contributed by atoms with Gasteiger partial charge >= 0.3 is 0 Å². The molecule has 0 spiro atoms. The summed E-state index contributed by atoms with van der Waals surface area (Å²) in [4.78, 5) is 41.2. The highest BCUT2D eigenvalue weighted by atomic mass is 16.2. The van der Waals surface area contributed by atoms with Gasteiger partial charge < -0.3 is 10.2 Å². The van der Waals surface area contributed by atoms with Crippen molar-refractivity contribution in [2.45, 2.75) is 32.9 Å². The zero-order valence-electron chi connectivity index (χ0n) is 19.7. The van der Waals surface area contributed by atoms with Crippen molar-refractivity contribution in [2.75, 3.05) is 11.9 Å². The van der Waals surface area contributed by atoms with Gasteiger partial charge in [0.05, 0.1) is 11.1 Å². The maximum absolute atomic E-state index is 13.5. The summed E-state index contributed by atoms with van der Waals surface area (Å²) >= 11 is 0. The number of hydrogen-bond donors (Lipinski definition) is 1. The minimum Gasteiger partial charge on any atom is -0.334 e. The number of rotatable bonds is 5. The van der Waals surface area contributed by atoms with Crippen molar-refractivity contribution in [1.82, 2.24) is 9.47 Å². The molecule has 35 heavy (non-hydrogen) atoms. The van der Waals surface area contributed by atoms with Gasteiger partial charge in [-0.3, -0.25) is 19.0 Å². The Morgan fingerprint density at radius 2 is 1.63 bits per heavy atom. The van der Waals surface area contributed by atoms with Crippen LogP contribution in [-0.4, -0.2) is 27.8 Å². The molecule has 1 aliphatic heterocycles. The number of anilines is 1. The Hall–Kier alpha value is -4.19. The number of nitrogens with one attached hydrogen (secondary N) is 1. The Bertz CT molecular complexity index is 1470. The molecule has 2 heterocycles. The molecule has 1 aromatic heterocycles. The van der Waals surface area contributed by atoms with Crippen LogP contribution in [0.1, 0.15) is 34.0 Å². The molecule has 176 valence electrons. The zero-order chi connectivity index (χ0) is 24.4. The molecule has 0 fully saturated rings. The fourth-order valence-corrected chi connectivity index (χ4v) is 4.68. The Kier molecular flexibility index (Phi) is 6.19. The van der Waals surface area contributed by atoms with Crippen molar-refractivity contribution in [3.8, 4) is 0 Å². The number of aryl methyl sites for hydroxylation is 1. The molecule has 6 nitrogen and oxygen atoms in total. The van der Waals surface area contributed by atoms with Gasteiger partial charge in [-0.05, 0) is 47.7 Å². The van der Waals surface area contributed by atoms with Gasteiger partial charge in [-0.2, -0.15) is 0 Å². The number of fused-ring (bicyclic) bond motifs is 2. The fourth-order valence-electron chi connectivity index (χ4n) is 4.68. The van der Waals surface area contributed by atoms with Crippen molar-refractivity contribution in [3.63, 3.8) is 0 Å². The highest BCUT2D eigenvalue weighted by Crippen LogP contribution is 2.23. The zero-order valence-corrected chi connectivity index (χ0v) is 19.7. The largest absolute Gasteiger partial charge is 0.334 e. The summed E-state index contributed by atoms with van der Waals surface area (Å²) < 4.78 is 1.42. The van der Waals surface area contributed by atoms with Gasteiger partial charge in [0.25, 0.3) is 11.5 Å². The number of amides is 2. The topological polar surface area (TPSA) is 71.4 Å². The van der Waals surface area contributed by atoms with E-state index >= 15 is 0 Å².